The molecule has 4 heterocycles. The second-order valence-corrected chi connectivity index (χ2v) is 6.90. The van der Waals surface area contributed by atoms with Crippen LogP contribution in [0.1, 0.15) is 46.6 Å². The molecule has 26 heavy (non-hydrogen) atoms. The van der Waals surface area contributed by atoms with Gasteiger partial charge in [-0.05, 0) is 18.9 Å². The Balaban J connectivity index is 1.38. The SMILES string of the molecule is O=C(c1n[nH]c2ccccc12)N1CCc2oc(C3CCOCC3)nc2C1. The number of aromatic amines is 1. The zero-order valence-corrected chi connectivity index (χ0v) is 14.4. The lowest BCUT2D eigenvalue weighted by atomic mass is 10.0. The molecule has 1 aromatic carbocycles. The van der Waals surface area contributed by atoms with Gasteiger partial charge in [0.2, 0.25) is 0 Å². The minimum atomic E-state index is -0.0660. The van der Waals surface area contributed by atoms with Crippen molar-refractivity contribution in [3.63, 3.8) is 0 Å². The average molecular weight is 352 g/mol. The van der Waals surface area contributed by atoms with E-state index in [9.17, 15) is 4.79 Å². The van der Waals surface area contributed by atoms with Crippen molar-refractivity contribution in [3.8, 4) is 0 Å². The van der Waals surface area contributed by atoms with Gasteiger partial charge in [0.05, 0.1) is 12.1 Å². The van der Waals surface area contributed by atoms with Gasteiger partial charge in [-0.25, -0.2) is 4.98 Å². The predicted octanol–water partition coefficient (Wildman–Crippen LogP) is 2.64. The summed E-state index contributed by atoms with van der Waals surface area (Å²) in [7, 11) is 0. The molecule has 0 bridgehead atoms. The van der Waals surface area contributed by atoms with E-state index in [0.29, 0.717) is 31.1 Å². The number of para-hydroxylation sites is 1. The Kier molecular flexibility index (Phi) is 3.74. The van der Waals surface area contributed by atoms with Crippen molar-refractivity contribution in [2.45, 2.75) is 31.7 Å². The highest BCUT2D eigenvalue weighted by atomic mass is 16.5. The summed E-state index contributed by atoms with van der Waals surface area (Å²) >= 11 is 0. The van der Waals surface area contributed by atoms with Crippen LogP contribution in [0.4, 0.5) is 0 Å². The van der Waals surface area contributed by atoms with Gasteiger partial charge >= 0.3 is 0 Å². The number of carbonyl (C=O) groups excluding carboxylic acids is 1. The molecule has 1 amide bonds. The third kappa shape index (κ3) is 2.59. The first-order chi connectivity index (χ1) is 12.8. The van der Waals surface area contributed by atoms with Crippen molar-refractivity contribution in [3.05, 3.63) is 47.3 Å². The number of nitrogens with zero attached hydrogens (tertiary/aromatic N) is 3. The maximum Gasteiger partial charge on any atom is 0.275 e. The fourth-order valence-corrected chi connectivity index (χ4v) is 3.79. The van der Waals surface area contributed by atoms with Crippen LogP contribution in [0.15, 0.2) is 28.7 Å². The van der Waals surface area contributed by atoms with E-state index in [4.69, 9.17) is 14.1 Å². The van der Waals surface area contributed by atoms with Gasteiger partial charge in [0.25, 0.3) is 5.91 Å². The summed E-state index contributed by atoms with van der Waals surface area (Å²) in [6, 6.07) is 7.68. The Morgan fingerprint density at radius 2 is 2.08 bits per heavy atom. The van der Waals surface area contributed by atoms with Crippen molar-refractivity contribution in [2.24, 2.45) is 0 Å². The maximum absolute atomic E-state index is 13.0. The molecular formula is C19H20N4O3. The normalized spacial score (nSPS) is 18.2. The summed E-state index contributed by atoms with van der Waals surface area (Å²) in [4.78, 5) is 19.5. The summed E-state index contributed by atoms with van der Waals surface area (Å²) in [6.45, 7) is 2.61. The average Bonchev–Trinajstić information content (AvgIpc) is 3.32. The number of carbonyl (C=O) groups is 1. The van der Waals surface area contributed by atoms with Gasteiger partial charge in [-0.15, -0.1) is 0 Å². The fraction of sp³-hybridized carbons (Fsp3) is 0.421. The summed E-state index contributed by atoms with van der Waals surface area (Å²) < 4.78 is 11.4. The Bertz CT molecular complexity index is 955. The molecule has 1 fully saturated rings. The number of amides is 1. The first-order valence-corrected chi connectivity index (χ1v) is 9.08. The standard InChI is InChI=1S/C19H20N4O3/c24-19(17-13-3-1-2-4-14(13)21-22-17)23-8-5-16-15(11-23)20-18(26-16)12-6-9-25-10-7-12/h1-4,12H,5-11H2,(H,21,22). The van der Waals surface area contributed by atoms with Gasteiger partial charge in [-0.3, -0.25) is 9.89 Å². The lowest BCUT2D eigenvalue weighted by Gasteiger charge is -2.24. The van der Waals surface area contributed by atoms with Crippen molar-refractivity contribution in [2.75, 3.05) is 19.8 Å². The van der Waals surface area contributed by atoms with Crippen LogP contribution in [0.5, 0.6) is 0 Å². The van der Waals surface area contributed by atoms with Crippen molar-refractivity contribution >= 4 is 16.8 Å². The molecule has 0 radical (unpaired) electrons. The van der Waals surface area contributed by atoms with Crippen LogP contribution in [0, 0.1) is 0 Å². The van der Waals surface area contributed by atoms with Crippen LogP contribution < -0.4 is 0 Å². The predicted molar refractivity (Wildman–Crippen MR) is 93.8 cm³/mol. The van der Waals surface area contributed by atoms with Crippen LogP contribution in [-0.4, -0.2) is 45.7 Å². The smallest absolute Gasteiger partial charge is 0.275 e. The number of nitrogens with one attached hydrogen (secondary N) is 1. The highest BCUT2D eigenvalue weighted by Gasteiger charge is 2.30. The maximum atomic E-state index is 13.0. The lowest BCUT2D eigenvalue weighted by Crippen LogP contribution is -2.36. The number of H-pyrrole nitrogens is 1. The number of oxazole rings is 1. The van der Waals surface area contributed by atoms with E-state index < -0.39 is 0 Å². The van der Waals surface area contributed by atoms with E-state index in [2.05, 4.69) is 10.2 Å². The molecule has 2 aromatic heterocycles. The minimum absolute atomic E-state index is 0.0660. The highest BCUT2D eigenvalue weighted by Crippen LogP contribution is 2.30. The molecule has 1 N–H and O–H groups in total. The molecule has 3 aromatic rings. The van der Waals surface area contributed by atoms with Crippen LogP contribution in [0.25, 0.3) is 10.9 Å². The summed E-state index contributed by atoms with van der Waals surface area (Å²) in [5.41, 5.74) is 2.22. The molecule has 7 nitrogen and oxygen atoms in total. The van der Waals surface area contributed by atoms with Crippen molar-refractivity contribution in [1.82, 2.24) is 20.1 Å². The largest absolute Gasteiger partial charge is 0.445 e. The number of aromatic nitrogens is 3. The third-order valence-electron chi connectivity index (χ3n) is 5.27. The zero-order valence-electron chi connectivity index (χ0n) is 14.4. The molecule has 5 rings (SSSR count). The zero-order chi connectivity index (χ0) is 17.5. The van der Waals surface area contributed by atoms with E-state index in [-0.39, 0.29) is 5.91 Å². The summed E-state index contributed by atoms with van der Waals surface area (Å²) in [5, 5.41) is 8.02. The molecule has 1 saturated heterocycles. The second kappa shape index (κ2) is 6.25. The van der Waals surface area contributed by atoms with Gasteiger partial charge in [0.1, 0.15) is 11.5 Å². The van der Waals surface area contributed by atoms with E-state index in [1.165, 1.54) is 0 Å². The Morgan fingerprint density at radius 3 is 2.96 bits per heavy atom. The Morgan fingerprint density at radius 1 is 1.23 bits per heavy atom. The van der Waals surface area contributed by atoms with E-state index in [1.807, 2.05) is 24.3 Å². The number of hydrogen-bond donors (Lipinski definition) is 1. The fourth-order valence-electron chi connectivity index (χ4n) is 3.79. The molecule has 7 heteroatoms. The number of benzene rings is 1. The first kappa shape index (κ1) is 15.6. The number of rotatable bonds is 2. The number of ether oxygens (including phenoxy) is 1. The van der Waals surface area contributed by atoms with Crippen molar-refractivity contribution < 1.29 is 13.9 Å². The monoisotopic (exact) mass is 352 g/mol. The number of hydrogen-bond acceptors (Lipinski definition) is 5. The van der Waals surface area contributed by atoms with Gasteiger partial charge in [0, 0.05) is 37.5 Å². The molecule has 0 atom stereocenters. The van der Waals surface area contributed by atoms with Crippen molar-refractivity contribution in [1.29, 1.82) is 0 Å². The molecule has 0 unspecified atom stereocenters. The summed E-state index contributed by atoms with van der Waals surface area (Å²) in [5.74, 6) is 1.98. The van der Waals surface area contributed by atoms with E-state index in [0.717, 1.165) is 54.3 Å². The van der Waals surface area contributed by atoms with Gasteiger partial charge < -0.3 is 14.1 Å². The second-order valence-electron chi connectivity index (χ2n) is 6.90. The molecule has 134 valence electrons. The molecule has 0 aliphatic carbocycles. The third-order valence-corrected chi connectivity index (χ3v) is 5.27. The minimum Gasteiger partial charge on any atom is -0.445 e. The highest BCUT2D eigenvalue weighted by molar-refractivity contribution is 6.04. The van der Waals surface area contributed by atoms with Gasteiger partial charge in [-0.1, -0.05) is 18.2 Å². The molecular weight excluding hydrogens is 332 g/mol. The van der Waals surface area contributed by atoms with Crippen LogP contribution in [-0.2, 0) is 17.7 Å². The summed E-state index contributed by atoms with van der Waals surface area (Å²) in [6.07, 6.45) is 2.59. The lowest BCUT2D eigenvalue weighted by molar-refractivity contribution is 0.0722. The van der Waals surface area contributed by atoms with Gasteiger partial charge in [-0.2, -0.15) is 5.10 Å². The van der Waals surface area contributed by atoms with Gasteiger partial charge in [0.15, 0.2) is 11.6 Å². The Hall–Kier alpha value is -2.67. The molecule has 2 aliphatic heterocycles. The van der Waals surface area contributed by atoms with Crippen LogP contribution >= 0.6 is 0 Å². The molecule has 0 saturated carbocycles. The Labute approximate surface area is 150 Å². The van der Waals surface area contributed by atoms with Crippen LogP contribution in [0.3, 0.4) is 0 Å². The molecule has 0 spiro atoms. The topological polar surface area (TPSA) is 84.2 Å². The van der Waals surface area contributed by atoms with E-state index >= 15 is 0 Å². The number of fused-ring (bicyclic) bond motifs is 2. The quantitative estimate of drug-likeness (QED) is 0.766. The van der Waals surface area contributed by atoms with E-state index in [1.54, 1.807) is 4.90 Å². The molecule has 2 aliphatic rings. The van der Waals surface area contributed by atoms with Crippen LogP contribution in [0.2, 0.25) is 0 Å². The first-order valence-electron chi connectivity index (χ1n) is 9.08.